The molecule has 65 heavy (non-hydrogen) atoms. The minimum absolute atomic E-state index is 0.0905. The Balaban J connectivity index is 0.000000149. The summed E-state index contributed by atoms with van der Waals surface area (Å²) in [5, 5.41) is 2.72. The first kappa shape index (κ1) is 46.2. The van der Waals surface area contributed by atoms with Crippen molar-refractivity contribution in [3.05, 3.63) is 97.8 Å². The first-order valence-corrected chi connectivity index (χ1v) is 24.4. The van der Waals surface area contributed by atoms with Gasteiger partial charge < -0.3 is 41.8 Å². The third-order valence-electron chi connectivity index (χ3n) is 12.3. The molecule has 0 spiro atoms. The Hall–Kier alpha value is -5.35. The van der Waals surface area contributed by atoms with Gasteiger partial charge in [-0.2, -0.15) is 0 Å². The molecule has 4 aliphatic rings. The molecule has 8 heterocycles. The lowest BCUT2D eigenvalue weighted by Crippen LogP contribution is -2.46. The molecule has 19 heteroatoms. The number of hydrogen-bond donors (Lipinski definition) is 4. The van der Waals surface area contributed by atoms with Crippen LogP contribution in [0.5, 0.6) is 0 Å². The van der Waals surface area contributed by atoms with E-state index in [1.54, 1.807) is 44.7 Å². The van der Waals surface area contributed by atoms with Crippen molar-refractivity contribution >= 4 is 107 Å². The smallest absolute Gasteiger partial charge is 0.313 e. The van der Waals surface area contributed by atoms with Crippen LogP contribution in [-0.2, 0) is 28.7 Å². The van der Waals surface area contributed by atoms with Crippen LogP contribution in [0.1, 0.15) is 85.7 Å². The van der Waals surface area contributed by atoms with Gasteiger partial charge in [-0.3, -0.25) is 19.2 Å². The number of halogens is 1. The lowest BCUT2D eigenvalue weighted by Gasteiger charge is -2.38. The lowest BCUT2D eigenvalue weighted by molar-refractivity contribution is -0.147. The third kappa shape index (κ3) is 10.7. The van der Waals surface area contributed by atoms with E-state index in [0.717, 1.165) is 85.2 Å². The summed E-state index contributed by atoms with van der Waals surface area (Å²) in [5.74, 6) is -0.272. The number of amides is 4. The molecule has 10 rings (SSSR count). The maximum atomic E-state index is 13.2. The molecule has 0 aliphatic carbocycles. The molecule has 0 bridgehead atoms. The standard InChI is InChI=1S/C23H25N5O3S.C15H17N3O2S.C8H9IN2O/c1-13-2-4-19(14-3-5-20-18(6-14)26-12-32-20)28(9-13)23(30)22(29)27-16-7-17(15-10-31-11-15)21(24)25-8-16;1-9-2-4-12(18(7-9)15(20)14(16)19)10-3-5-13-11(6-10)17-8-21-13;9-6-1-7(5-3-12-4-5)8(10)11-2-6/h3,5-8,12-13,15,19H,2,4,9-11H2,1H3,(H2,24,25)(H,27,29);3,5-6,8-9,12H,2,4,7H2,1H3,(H2,16,19);1-2,5H,3-4H2,(H2,10,11)/t13-,19+;9-,12+;/m00./s1. The minimum atomic E-state index is -0.885. The summed E-state index contributed by atoms with van der Waals surface area (Å²) in [5.41, 5.74) is 26.8. The molecule has 340 valence electrons. The number of nitrogen functional groups attached to an aromatic ring is 2. The predicted molar refractivity (Wildman–Crippen MR) is 260 cm³/mol. The number of nitrogens with zero attached hydrogens (tertiary/aromatic N) is 6. The maximum absolute atomic E-state index is 13.2. The maximum Gasteiger partial charge on any atom is 0.313 e. The molecular formula is C46H51IN10O6S2. The van der Waals surface area contributed by atoms with Gasteiger partial charge in [0.05, 0.1) is 81.8 Å². The SMILES string of the molecule is C[C@H]1CC[C@H](c2ccc3scnc3c2)N(C(=O)C(=O)Nc2cnc(N)c(C3COC3)c2)C1.C[C@H]1CC[C@H](c2ccc3scnc3c2)N(C(=O)C(N)=O)C1.Nc1ncc(I)cc1C1COC1. The summed E-state index contributed by atoms with van der Waals surface area (Å²) in [6, 6.07) is 15.8. The molecule has 16 nitrogen and oxygen atoms in total. The van der Waals surface area contributed by atoms with Crippen molar-refractivity contribution in [2.75, 3.05) is 56.3 Å². The molecule has 4 saturated heterocycles. The highest BCUT2D eigenvalue weighted by Crippen LogP contribution is 2.37. The average Bonchev–Trinajstić information content (AvgIpc) is 3.94. The van der Waals surface area contributed by atoms with Crippen LogP contribution in [-0.4, -0.2) is 92.9 Å². The Kier molecular flexibility index (Phi) is 14.5. The molecule has 7 N–H and O–H groups in total. The van der Waals surface area contributed by atoms with Gasteiger partial charge in [-0.1, -0.05) is 26.0 Å². The van der Waals surface area contributed by atoms with E-state index in [2.05, 4.69) is 67.8 Å². The first-order chi connectivity index (χ1) is 31.3. The van der Waals surface area contributed by atoms with Crippen LogP contribution in [0.25, 0.3) is 20.4 Å². The number of carbonyl (C=O) groups excluding carboxylic acids is 4. The van der Waals surface area contributed by atoms with E-state index in [9.17, 15) is 19.2 Å². The molecule has 4 aliphatic heterocycles. The lowest BCUT2D eigenvalue weighted by atomic mass is 9.89. The number of pyridine rings is 2. The summed E-state index contributed by atoms with van der Waals surface area (Å²) in [6.07, 6.45) is 6.94. The topological polar surface area (TPSA) is 235 Å². The van der Waals surface area contributed by atoms with E-state index >= 15 is 0 Å². The van der Waals surface area contributed by atoms with Crippen LogP contribution in [0, 0.1) is 15.4 Å². The van der Waals surface area contributed by atoms with Crippen LogP contribution in [0.4, 0.5) is 17.3 Å². The molecule has 0 saturated carbocycles. The number of thiazole rings is 2. The van der Waals surface area contributed by atoms with Crippen molar-refractivity contribution in [1.82, 2.24) is 29.7 Å². The quantitative estimate of drug-likeness (QED) is 0.103. The highest BCUT2D eigenvalue weighted by Gasteiger charge is 2.36. The van der Waals surface area contributed by atoms with Crippen molar-refractivity contribution in [2.24, 2.45) is 17.6 Å². The van der Waals surface area contributed by atoms with Gasteiger partial charge in [0, 0.05) is 45.8 Å². The van der Waals surface area contributed by atoms with Crippen molar-refractivity contribution in [3.8, 4) is 0 Å². The summed E-state index contributed by atoms with van der Waals surface area (Å²) in [7, 11) is 0. The largest absolute Gasteiger partial charge is 0.383 e. The highest BCUT2D eigenvalue weighted by atomic mass is 127. The van der Waals surface area contributed by atoms with Gasteiger partial charge in [0.2, 0.25) is 0 Å². The molecule has 6 aromatic rings. The Morgan fingerprint density at radius 3 is 1.66 bits per heavy atom. The van der Waals surface area contributed by atoms with E-state index in [1.807, 2.05) is 47.4 Å². The molecule has 4 aromatic heterocycles. The fourth-order valence-corrected chi connectivity index (χ4v) is 10.4. The zero-order valence-corrected chi connectivity index (χ0v) is 39.8. The number of nitrogens with one attached hydrogen (secondary N) is 1. The summed E-state index contributed by atoms with van der Waals surface area (Å²) < 4.78 is 13.7. The first-order valence-electron chi connectivity index (χ1n) is 21.5. The number of piperidine rings is 2. The number of rotatable bonds is 5. The van der Waals surface area contributed by atoms with E-state index in [0.29, 0.717) is 61.4 Å². The second-order valence-electron chi connectivity index (χ2n) is 17.1. The second-order valence-corrected chi connectivity index (χ2v) is 20.1. The van der Waals surface area contributed by atoms with Crippen molar-refractivity contribution in [3.63, 3.8) is 0 Å². The molecule has 0 unspecified atom stereocenters. The predicted octanol–water partition coefficient (Wildman–Crippen LogP) is 6.79. The number of anilines is 3. The zero-order valence-electron chi connectivity index (χ0n) is 36.0. The molecular weight excluding hydrogens is 980 g/mol. The van der Waals surface area contributed by atoms with Gasteiger partial charge in [0.25, 0.3) is 0 Å². The Morgan fingerprint density at radius 2 is 1.17 bits per heavy atom. The number of hydrogen-bond acceptors (Lipinski definition) is 14. The number of benzene rings is 2. The van der Waals surface area contributed by atoms with E-state index in [1.165, 1.54) is 6.20 Å². The van der Waals surface area contributed by atoms with Gasteiger partial charge in [-0.05, 0) is 108 Å². The minimum Gasteiger partial charge on any atom is -0.383 e. The highest BCUT2D eigenvalue weighted by molar-refractivity contribution is 14.1. The number of primary amides is 1. The van der Waals surface area contributed by atoms with Crippen molar-refractivity contribution < 1.29 is 28.7 Å². The van der Waals surface area contributed by atoms with Crippen LogP contribution in [0.2, 0.25) is 0 Å². The van der Waals surface area contributed by atoms with Crippen LogP contribution in [0.15, 0.2) is 71.9 Å². The van der Waals surface area contributed by atoms with E-state index < -0.39 is 23.6 Å². The van der Waals surface area contributed by atoms with Crippen LogP contribution in [0.3, 0.4) is 0 Å². The van der Waals surface area contributed by atoms with Crippen LogP contribution < -0.4 is 22.5 Å². The number of likely N-dealkylation sites (tertiary alicyclic amines) is 2. The zero-order chi connectivity index (χ0) is 45.8. The molecule has 0 radical (unpaired) electrons. The summed E-state index contributed by atoms with van der Waals surface area (Å²) in [4.78, 5) is 69.8. The molecule has 4 atom stereocenters. The molecule has 2 aromatic carbocycles. The van der Waals surface area contributed by atoms with Crippen molar-refractivity contribution in [1.29, 1.82) is 0 Å². The fourth-order valence-electron chi connectivity index (χ4n) is 8.58. The second kappa shape index (κ2) is 20.4. The van der Waals surface area contributed by atoms with Gasteiger partial charge >= 0.3 is 23.6 Å². The number of aromatic nitrogens is 4. The normalized spacial score (nSPS) is 21.0. The fraction of sp³-hybridized carbons (Fsp3) is 0.391. The van der Waals surface area contributed by atoms with Gasteiger partial charge in [0.15, 0.2) is 0 Å². The number of ether oxygens (including phenoxy) is 2. The summed E-state index contributed by atoms with van der Waals surface area (Å²) in [6.45, 7) is 8.03. The Labute approximate surface area is 397 Å². The Bertz CT molecular complexity index is 2710. The number of nitrogens with two attached hydrogens (primary N) is 3. The molecule has 4 fully saturated rings. The van der Waals surface area contributed by atoms with E-state index in [-0.39, 0.29) is 18.0 Å². The number of fused-ring (bicyclic) bond motifs is 2. The number of carbonyl (C=O) groups is 4. The average molecular weight is 1030 g/mol. The summed E-state index contributed by atoms with van der Waals surface area (Å²) >= 11 is 5.41. The van der Waals surface area contributed by atoms with Gasteiger partial charge in [-0.25, -0.2) is 19.9 Å². The van der Waals surface area contributed by atoms with Gasteiger partial charge in [0.1, 0.15) is 11.6 Å². The van der Waals surface area contributed by atoms with Crippen molar-refractivity contribution in [2.45, 2.75) is 63.5 Å². The Morgan fingerprint density at radius 1 is 0.677 bits per heavy atom. The van der Waals surface area contributed by atoms with Crippen LogP contribution >= 0.6 is 45.3 Å². The van der Waals surface area contributed by atoms with E-state index in [4.69, 9.17) is 26.7 Å². The monoisotopic (exact) mass is 1030 g/mol. The molecule has 4 amide bonds. The third-order valence-corrected chi connectivity index (χ3v) is 14.5. The van der Waals surface area contributed by atoms with Gasteiger partial charge in [-0.15, -0.1) is 22.7 Å².